The van der Waals surface area contributed by atoms with Crippen LogP contribution in [0.5, 0.6) is 0 Å². The van der Waals surface area contributed by atoms with E-state index in [0.717, 1.165) is 0 Å². The van der Waals surface area contributed by atoms with Crippen LogP contribution < -0.4 is 0 Å². The summed E-state index contributed by atoms with van der Waals surface area (Å²) < 4.78 is 1.24. The van der Waals surface area contributed by atoms with Gasteiger partial charge in [0.25, 0.3) is 0 Å². The Hall–Kier alpha value is -1.66. The van der Waals surface area contributed by atoms with Crippen molar-refractivity contribution in [3.05, 3.63) is 33.7 Å². The van der Waals surface area contributed by atoms with Crippen molar-refractivity contribution >= 4 is 29.2 Å². The zero-order valence-corrected chi connectivity index (χ0v) is 11.6. The molecule has 0 bridgehead atoms. The van der Waals surface area contributed by atoms with Crippen LogP contribution in [-0.2, 0) is 0 Å². The van der Waals surface area contributed by atoms with Crippen molar-refractivity contribution in [2.45, 2.75) is 19.8 Å². The standard InChI is InChI=1S/C11H10Cl2N4O2/c1-5(2)9-8(11(18)19)10(13)17(16-9)7-4-3-6(12)14-15-7/h3-5H,1-2H3,(H,18,19). The fourth-order valence-corrected chi connectivity index (χ4v) is 1.99. The molecule has 0 aliphatic rings. The molecular formula is C11H10Cl2N4O2. The SMILES string of the molecule is CC(C)c1nn(-c2ccc(Cl)nn2)c(Cl)c1C(=O)O. The van der Waals surface area contributed by atoms with Gasteiger partial charge in [0.05, 0.1) is 5.69 Å². The highest BCUT2D eigenvalue weighted by atomic mass is 35.5. The maximum atomic E-state index is 11.3. The summed E-state index contributed by atoms with van der Waals surface area (Å²) in [5.74, 6) is -0.893. The van der Waals surface area contributed by atoms with Gasteiger partial charge in [-0.05, 0) is 18.1 Å². The number of rotatable bonds is 3. The van der Waals surface area contributed by atoms with Gasteiger partial charge in [-0.3, -0.25) is 0 Å². The first-order chi connectivity index (χ1) is 8.91. The molecule has 0 unspecified atom stereocenters. The third kappa shape index (κ3) is 2.54. The molecule has 0 fully saturated rings. The van der Waals surface area contributed by atoms with E-state index in [0.29, 0.717) is 11.5 Å². The van der Waals surface area contributed by atoms with Crippen LogP contribution in [-0.4, -0.2) is 31.1 Å². The normalized spacial score (nSPS) is 11.0. The van der Waals surface area contributed by atoms with Crippen molar-refractivity contribution in [1.29, 1.82) is 0 Å². The molecule has 0 saturated carbocycles. The molecule has 1 N–H and O–H groups in total. The van der Waals surface area contributed by atoms with E-state index in [9.17, 15) is 9.90 Å². The lowest BCUT2D eigenvalue weighted by Crippen LogP contribution is -2.02. The highest BCUT2D eigenvalue weighted by molar-refractivity contribution is 6.33. The highest BCUT2D eigenvalue weighted by Crippen LogP contribution is 2.27. The Labute approximate surface area is 119 Å². The first-order valence-corrected chi connectivity index (χ1v) is 6.18. The maximum Gasteiger partial charge on any atom is 0.340 e. The molecule has 100 valence electrons. The zero-order chi connectivity index (χ0) is 14.2. The Morgan fingerprint density at radius 1 is 1.32 bits per heavy atom. The fourth-order valence-electron chi connectivity index (χ4n) is 1.59. The lowest BCUT2D eigenvalue weighted by molar-refractivity contribution is 0.0695. The third-order valence-electron chi connectivity index (χ3n) is 2.45. The topological polar surface area (TPSA) is 80.9 Å². The Morgan fingerprint density at radius 3 is 2.42 bits per heavy atom. The summed E-state index contributed by atoms with van der Waals surface area (Å²) in [6, 6.07) is 3.08. The van der Waals surface area contributed by atoms with Crippen molar-refractivity contribution in [1.82, 2.24) is 20.0 Å². The van der Waals surface area contributed by atoms with Crippen LogP contribution in [0.25, 0.3) is 5.82 Å². The van der Waals surface area contributed by atoms with Crippen molar-refractivity contribution in [3.63, 3.8) is 0 Å². The molecule has 2 aromatic rings. The van der Waals surface area contributed by atoms with E-state index < -0.39 is 5.97 Å². The van der Waals surface area contributed by atoms with Crippen molar-refractivity contribution < 1.29 is 9.90 Å². The molecule has 8 heteroatoms. The molecule has 2 rings (SSSR count). The molecule has 2 aromatic heterocycles. The van der Waals surface area contributed by atoms with Gasteiger partial charge in [0.15, 0.2) is 11.0 Å². The number of nitrogens with zero attached hydrogens (tertiary/aromatic N) is 4. The van der Waals surface area contributed by atoms with Gasteiger partial charge in [-0.1, -0.05) is 37.0 Å². The Morgan fingerprint density at radius 2 is 2.00 bits per heavy atom. The molecule has 0 aromatic carbocycles. The number of carbonyl (C=O) groups is 1. The third-order valence-corrected chi connectivity index (χ3v) is 3.00. The second-order valence-electron chi connectivity index (χ2n) is 4.14. The van der Waals surface area contributed by atoms with Crippen LogP contribution in [0.1, 0.15) is 35.8 Å². The second kappa shape index (κ2) is 5.14. The van der Waals surface area contributed by atoms with Crippen molar-refractivity contribution in [2.24, 2.45) is 0 Å². The van der Waals surface area contributed by atoms with Crippen LogP contribution >= 0.6 is 23.2 Å². The van der Waals surface area contributed by atoms with Gasteiger partial charge >= 0.3 is 5.97 Å². The molecule has 0 aliphatic heterocycles. The summed E-state index contributed by atoms with van der Waals surface area (Å²) in [7, 11) is 0. The predicted molar refractivity (Wildman–Crippen MR) is 70.2 cm³/mol. The first-order valence-electron chi connectivity index (χ1n) is 5.43. The highest BCUT2D eigenvalue weighted by Gasteiger charge is 2.25. The number of hydrogen-bond acceptors (Lipinski definition) is 4. The average Bonchev–Trinajstić information content (AvgIpc) is 2.68. The molecule has 0 atom stereocenters. The van der Waals surface area contributed by atoms with Gasteiger partial charge in [-0.2, -0.15) is 5.10 Å². The molecule has 0 spiro atoms. The minimum Gasteiger partial charge on any atom is -0.478 e. The summed E-state index contributed by atoms with van der Waals surface area (Å²) in [5.41, 5.74) is 0.377. The smallest absolute Gasteiger partial charge is 0.340 e. The molecule has 0 saturated heterocycles. The molecule has 2 heterocycles. The summed E-state index contributed by atoms with van der Waals surface area (Å²) >= 11 is 11.7. The van der Waals surface area contributed by atoms with Crippen LogP contribution in [0, 0.1) is 0 Å². The number of aromatic carboxylic acids is 1. The van der Waals surface area contributed by atoms with E-state index in [4.69, 9.17) is 23.2 Å². The summed E-state index contributed by atoms with van der Waals surface area (Å²) in [5, 5.41) is 21.1. The van der Waals surface area contributed by atoms with Gasteiger partial charge in [-0.15, -0.1) is 10.2 Å². The van der Waals surface area contributed by atoms with Gasteiger partial charge < -0.3 is 5.11 Å². The molecule has 0 amide bonds. The number of hydrogen-bond donors (Lipinski definition) is 1. The quantitative estimate of drug-likeness (QED) is 0.942. The average molecular weight is 301 g/mol. The van der Waals surface area contributed by atoms with Crippen molar-refractivity contribution in [2.75, 3.05) is 0 Å². The summed E-state index contributed by atoms with van der Waals surface area (Å²) in [4.78, 5) is 11.3. The molecule has 0 aliphatic carbocycles. The fraction of sp³-hybridized carbons (Fsp3) is 0.273. The van der Waals surface area contributed by atoms with Crippen LogP contribution in [0.2, 0.25) is 10.3 Å². The zero-order valence-electron chi connectivity index (χ0n) is 10.1. The summed E-state index contributed by atoms with van der Waals surface area (Å²) in [6.45, 7) is 3.67. The monoisotopic (exact) mass is 300 g/mol. The van der Waals surface area contributed by atoms with Crippen LogP contribution in [0.4, 0.5) is 0 Å². The largest absolute Gasteiger partial charge is 0.478 e. The van der Waals surface area contributed by atoms with Crippen molar-refractivity contribution in [3.8, 4) is 5.82 Å². The van der Waals surface area contributed by atoms with Gasteiger partial charge in [-0.25, -0.2) is 9.48 Å². The molecule has 0 radical (unpaired) electrons. The van der Waals surface area contributed by atoms with E-state index >= 15 is 0 Å². The van der Waals surface area contributed by atoms with Crippen LogP contribution in [0.15, 0.2) is 12.1 Å². The van der Waals surface area contributed by atoms with Gasteiger partial charge in [0.1, 0.15) is 10.7 Å². The van der Waals surface area contributed by atoms with Gasteiger partial charge in [0.2, 0.25) is 0 Å². The minimum atomic E-state index is -1.12. The summed E-state index contributed by atoms with van der Waals surface area (Å²) in [6.07, 6.45) is 0. The van der Waals surface area contributed by atoms with E-state index in [2.05, 4.69) is 15.3 Å². The first kappa shape index (κ1) is 13.8. The molecule has 6 nitrogen and oxygen atoms in total. The van der Waals surface area contributed by atoms with E-state index in [1.807, 2.05) is 13.8 Å². The van der Waals surface area contributed by atoms with E-state index in [-0.39, 0.29) is 21.8 Å². The molecule has 19 heavy (non-hydrogen) atoms. The maximum absolute atomic E-state index is 11.3. The van der Waals surface area contributed by atoms with E-state index in [1.54, 1.807) is 6.07 Å². The number of halogens is 2. The Kier molecular flexibility index (Phi) is 3.73. The predicted octanol–water partition coefficient (Wildman–Crippen LogP) is 2.79. The Bertz CT molecular complexity index is 622. The van der Waals surface area contributed by atoms with Crippen LogP contribution in [0.3, 0.4) is 0 Å². The second-order valence-corrected chi connectivity index (χ2v) is 4.88. The van der Waals surface area contributed by atoms with Gasteiger partial charge in [0, 0.05) is 0 Å². The lowest BCUT2D eigenvalue weighted by atomic mass is 10.1. The lowest BCUT2D eigenvalue weighted by Gasteiger charge is -2.00. The number of carboxylic acids is 1. The number of carboxylic acid groups (broad SMARTS) is 1. The van der Waals surface area contributed by atoms with E-state index in [1.165, 1.54) is 10.7 Å². The number of aromatic nitrogens is 4. The Balaban J connectivity index is 2.62. The minimum absolute atomic E-state index is 0.00665. The molecular weight excluding hydrogens is 291 g/mol.